The SMILES string of the molecule is Cc1cnn(-c2ccc(C(=O)NCc3cccc(NC(=O)CN(C)C)c3)cc2)c1. The standard InChI is InChI=1S/C22H25N5O2/c1-16-12-24-27(14-16)20-9-7-18(8-10-20)22(29)23-13-17-5-4-6-19(11-17)25-21(28)15-26(2)3/h4-12,14H,13,15H2,1-3H3,(H,23,29)(H,25,28). The highest BCUT2D eigenvalue weighted by molar-refractivity contribution is 5.94. The van der Waals surface area contributed by atoms with E-state index in [4.69, 9.17) is 0 Å². The van der Waals surface area contributed by atoms with Crippen molar-refractivity contribution in [2.45, 2.75) is 13.5 Å². The van der Waals surface area contributed by atoms with E-state index < -0.39 is 0 Å². The summed E-state index contributed by atoms with van der Waals surface area (Å²) in [4.78, 5) is 26.1. The minimum atomic E-state index is -0.157. The zero-order valence-electron chi connectivity index (χ0n) is 16.8. The van der Waals surface area contributed by atoms with Crippen molar-refractivity contribution in [3.05, 3.63) is 77.6 Å². The second kappa shape index (κ2) is 9.16. The number of aromatic nitrogens is 2. The quantitative estimate of drug-likeness (QED) is 0.649. The number of aryl methyl sites for hydroxylation is 1. The lowest BCUT2D eigenvalue weighted by Crippen LogP contribution is -2.27. The fourth-order valence-electron chi connectivity index (χ4n) is 2.85. The van der Waals surface area contributed by atoms with Crippen molar-refractivity contribution in [1.29, 1.82) is 0 Å². The van der Waals surface area contributed by atoms with E-state index >= 15 is 0 Å². The zero-order valence-corrected chi connectivity index (χ0v) is 16.8. The number of likely N-dealkylation sites (N-methyl/N-ethyl adjacent to an activating group) is 1. The number of benzene rings is 2. The smallest absolute Gasteiger partial charge is 0.251 e. The van der Waals surface area contributed by atoms with Gasteiger partial charge in [-0.15, -0.1) is 0 Å². The molecule has 1 heterocycles. The first kappa shape index (κ1) is 20.3. The first-order valence-electron chi connectivity index (χ1n) is 9.34. The number of nitrogens with zero attached hydrogens (tertiary/aromatic N) is 3. The van der Waals surface area contributed by atoms with Crippen LogP contribution in [0, 0.1) is 6.92 Å². The summed E-state index contributed by atoms with van der Waals surface area (Å²) in [6.45, 7) is 2.67. The second-order valence-corrected chi connectivity index (χ2v) is 7.18. The van der Waals surface area contributed by atoms with Gasteiger partial charge in [0.25, 0.3) is 5.91 Å². The van der Waals surface area contributed by atoms with E-state index in [1.807, 2.05) is 63.6 Å². The Kier molecular flexibility index (Phi) is 6.41. The summed E-state index contributed by atoms with van der Waals surface area (Å²) in [7, 11) is 3.68. The number of amides is 2. The van der Waals surface area contributed by atoms with Crippen molar-refractivity contribution >= 4 is 17.5 Å². The Hall–Kier alpha value is -3.45. The molecule has 0 aliphatic heterocycles. The maximum Gasteiger partial charge on any atom is 0.251 e. The Morgan fingerprint density at radius 1 is 1.10 bits per heavy atom. The topological polar surface area (TPSA) is 79.3 Å². The van der Waals surface area contributed by atoms with Crippen LogP contribution in [0.25, 0.3) is 5.69 Å². The molecule has 0 bridgehead atoms. The van der Waals surface area contributed by atoms with Crippen LogP contribution >= 0.6 is 0 Å². The summed E-state index contributed by atoms with van der Waals surface area (Å²) in [6, 6.07) is 14.7. The van der Waals surface area contributed by atoms with Crippen molar-refractivity contribution in [1.82, 2.24) is 20.0 Å². The van der Waals surface area contributed by atoms with Crippen molar-refractivity contribution in [2.75, 3.05) is 26.0 Å². The molecule has 2 aromatic carbocycles. The van der Waals surface area contributed by atoms with Crippen molar-refractivity contribution in [2.24, 2.45) is 0 Å². The van der Waals surface area contributed by atoms with E-state index in [1.165, 1.54) is 0 Å². The Balaban J connectivity index is 1.57. The van der Waals surface area contributed by atoms with Crippen molar-refractivity contribution < 1.29 is 9.59 Å². The second-order valence-electron chi connectivity index (χ2n) is 7.18. The van der Waals surface area contributed by atoms with Gasteiger partial charge in [0.1, 0.15) is 0 Å². The van der Waals surface area contributed by atoms with E-state index in [2.05, 4.69) is 15.7 Å². The highest BCUT2D eigenvalue weighted by Gasteiger charge is 2.08. The van der Waals surface area contributed by atoms with Gasteiger partial charge in [0.05, 0.1) is 18.4 Å². The third kappa shape index (κ3) is 5.76. The Morgan fingerprint density at radius 2 is 1.86 bits per heavy atom. The predicted octanol–water partition coefficient (Wildman–Crippen LogP) is 2.61. The fraction of sp³-hybridized carbons (Fsp3) is 0.227. The largest absolute Gasteiger partial charge is 0.348 e. The Labute approximate surface area is 170 Å². The van der Waals surface area contributed by atoms with Crippen LogP contribution in [0.15, 0.2) is 60.9 Å². The maximum absolute atomic E-state index is 12.4. The van der Waals surface area contributed by atoms with E-state index in [9.17, 15) is 9.59 Å². The van der Waals surface area contributed by atoms with Crippen LogP contribution in [0.2, 0.25) is 0 Å². The third-order valence-corrected chi connectivity index (χ3v) is 4.23. The Morgan fingerprint density at radius 3 is 2.52 bits per heavy atom. The van der Waals surface area contributed by atoms with Gasteiger partial charge < -0.3 is 15.5 Å². The average Bonchev–Trinajstić information content (AvgIpc) is 3.12. The number of rotatable bonds is 7. The highest BCUT2D eigenvalue weighted by atomic mass is 16.2. The molecule has 3 rings (SSSR count). The van der Waals surface area contributed by atoms with Crippen LogP contribution in [-0.2, 0) is 11.3 Å². The normalized spacial score (nSPS) is 10.8. The van der Waals surface area contributed by atoms with Gasteiger partial charge in [0, 0.05) is 24.0 Å². The van der Waals surface area contributed by atoms with Crippen molar-refractivity contribution in [3.63, 3.8) is 0 Å². The maximum atomic E-state index is 12.4. The van der Waals surface area contributed by atoms with E-state index in [-0.39, 0.29) is 11.8 Å². The van der Waals surface area contributed by atoms with Gasteiger partial charge in [-0.2, -0.15) is 5.10 Å². The van der Waals surface area contributed by atoms with E-state index in [0.717, 1.165) is 16.8 Å². The van der Waals surface area contributed by atoms with Gasteiger partial charge in [0.15, 0.2) is 0 Å². The molecule has 0 saturated carbocycles. The number of anilines is 1. The number of hydrogen-bond acceptors (Lipinski definition) is 4. The molecule has 2 N–H and O–H groups in total. The molecule has 0 atom stereocenters. The summed E-state index contributed by atoms with van der Waals surface area (Å²) >= 11 is 0. The predicted molar refractivity (Wildman–Crippen MR) is 113 cm³/mol. The number of carbonyl (C=O) groups excluding carboxylic acids is 2. The molecule has 29 heavy (non-hydrogen) atoms. The van der Waals surface area contributed by atoms with Crippen LogP contribution in [0.3, 0.4) is 0 Å². The van der Waals surface area contributed by atoms with Crippen LogP contribution in [-0.4, -0.2) is 47.1 Å². The summed E-state index contributed by atoms with van der Waals surface area (Å²) in [5.74, 6) is -0.237. The molecule has 0 spiro atoms. The molecule has 2 amide bonds. The molecule has 150 valence electrons. The third-order valence-electron chi connectivity index (χ3n) is 4.23. The van der Waals surface area contributed by atoms with Gasteiger partial charge in [0.2, 0.25) is 5.91 Å². The van der Waals surface area contributed by atoms with Gasteiger partial charge in [-0.3, -0.25) is 9.59 Å². The van der Waals surface area contributed by atoms with Gasteiger partial charge in [-0.25, -0.2) is 4.68 Å². The van der Waals surface area contributed by atoms with E-state index in [0.29, 0.717) is 24.3 Å². The van der Waals surface area contributed by atoms with Crippen LogP contribution < -0.4 is 10.6 Å². The molecule has 0 unspecified atom stereocenters. The minimum Gasteiger partial charge on any atom is -0.348 e. The lowest BCUT2D eigenvalue weighted by atomic mass is 10.1. The first-order valence-corrected chi connectivity index (χ1v) is 9.34. The molecular weight excluding hydrogens is 366 g/mol. The van der Waals surface area contributed by atoms with Gasteiger partial charge in [-0.05, 0) is 68.5 Å². The first-order chi connectivity index (χ1) is 13.9. The lowest BCUT2D eigenvalue weighted by molar-refractivity contribution is -0.116. The summed E-state index contributed by atoms with van der Waals surface area (Å²) in [5.41, 5.74) is 4.17. The minimum absolute atomic E-state index is 0.0800. The molecule has 0 fully saturated rings. The summed E-state index contributed by atoms with van der Waals surface area (Å²) in [6.07, 6.45) is 3.72. The summed E-state index contributed by atoms with van der Waals surface area (Å²) in [5, 5.41) is 10.0. The monoisotopic (exact) mass is 391 g/mol. The highest BCUT2D eigenvalue weighted by Crippen LogP contribution is 2.12. The molecule has 7 nitrogen and oxygen atoms in total. The fourth-order valence-corrected chi connectivity index (χ4v) is 2.85. The van der Waals surface area contributed by atoms with Crippen molar-refractivity contribution in [3.8, 4) is 5.69 Å². The molecule has 0 radical (unpaired) electrons. The van der Waals surface area contributed by atoms with E-state index in [1.54, 1.807) is 27.9 Å². The van der Waals surface area contributed by atoms with Crippen LogP contribution in [0.1, 0.15) is 21.5 Å². The van der Waals surface area contributed by atoms with Gasteiger partial charge >= 0.3 is 0 Å². The molecule has 0 aliphatic carbocycles. The molecular formula is C22H25N5O2. The molecule has 7 heteroatoms. The molecule has 0 aliphatic rings. The number of carbonyl (C=O) groups is 2. The molecule has 0 saturated heterocycles. The van der Waals surface area contributed by atoms with Crippen LogP contribution in [0.5, 0.6) is 0 Å². The zero-order chi connectivity index (χ0) is 20.8. The number of hydrogen-bond donors (Lipinski definition) is 2. The Bertz CT molecular complexity index is 992. The number of nitrogens with one attached hydrogen (secondary N) is 2. The lowest BCUT2D eigenvalue weighted by Gasteiger charge is -2.11. The average molecular weight is 391 g/mol. The van der Waals surface area contributed by atoms with Gasteiger partial charge in [-0.1, -0.05) is 12.1 Å². The summed E-state index contributed by atoms with van der Waals surface area (Å²) < 4.78 is 1.77. The van der Waals surface area contributed by atoms with Crippen LogP contribution in [0.4, 0.5) is 5.69 Å². The molecule has 3 aromatic rings. The molecule has 1 aromatic heterocycles.